The van der Waals surface area contributed by atoms with E-state index in [-0.39, 0.29) is 18.6 Å². The van der Waals surface area contributed by atoms with Gasteiger partial charge in [0.25, 0.3) is 0 Å². The molecule has 1 aromatic carbocycles. The van der Waals surface area contributed by atoms with Crippen LogP contribution in [-0.2, 0) is 15.0 Å². The monoisotopic (exact) mass is 391 g/mol. The predicted molar refractivity (Wildman–Crippen MR) is 96.0 cm³/mol. The van der Waals surface area contributed by atoms with Crippen LogP contribution in [0.5, 0.6) is 0 Å². The number of hydrogen-bond donors (Lipinski definition) is 1. The Morgan fingerprint density at radius 1 is 1.39 bits per heavy atom. The van der Waals surface area contributed by atoms with E-state index in [1.807, 2.05) is 12.1 Å². The number of alkyl carbamates (subject to hydrolysis) is 1. The lowest BCUT2D eigenvalue weighted by atomic mass is 9.74. The van der Waals surface area contributed by atoms with Crippen molar-refractivity contribution in [1.82, 2.24) is 5.32 Å². The number of benzene rings is 1. The minimum Gasteiger partial charge on any atom is -0.444 e. The van der Waals surface area contributed by atoms with Crippen LogP contribution in [0.4, 0.5) is 13.6 Å². The molecule has 3 atom stereocenters. The van der Waals surface area contributed by atoms with Crippen LogP contribution in [-0.4, -0.2) is 31.1 Å². The molecule has 1 aliphatic heterocycles. The summed E-state index contributed by atoms with van der Waals surface area (Å²) in [5.74, 6) is -2.52. The Morgan fingerprint density at radius 3 is 2.57 bits per heavy atom. The topological polar surface area (TPSA) is 95.1 Å². The van der Waals surface area contributed by atoms with Gasteiger partial charge in [-0.25, -0.2) is 13.6 Å². The van der Waals surface area contributed by atoms with Crippen molar-refractivity contribution in [2.45, 2.75) is 44.4 Å². The molecule has 0 spiro atoms. The molecule has 1 N–H and O–H groups in total. The number of rotatable bonds is 5. The van der Waals surface area contributed by atoms with Crippen LogP contribution >= 0.6 is 0 Å². The van der Waals surface area contributed by atoms with E-state index in [9.17, 15) is 24.1 Å². The number of carbonyl (C=O) groups is 1. The molecule has 1 amide bonds. The molecule has 1 fully saturated rings. The first-order chi connectivity index (χ1) is 13.2. The number of ether oxygens (including phenoxy) is 2. The lowest BCUT2D eigenvalue weighted by Gasteiger charge is -2.37. The molecule has 1 heterocycles. The van der Waals surface area contributed by atoms with Gasteiger partial charge in [-0.15, -0.1) is 0 Å². The summed E-state index contributed by atoms with van der Waals surface area (Å²) in [6.45, 7) is 3.92. The van der Waals surface area contributed by atoms with E-state index < -0.39 is 47.7 Å². The Morgan fingerprint density at radius 2 is 2.04 bits per heavy atom. The fourth-order valence-corrected chi connectivity index (χ4v) is 3.45. The van der Waals surface area contributed by atoms with Gasteiger partial charge in [-0.2, -0.15) is 10.5 Å². The minimum atomic E-state index is -1.48. The third-order valence-electron chi connectivity index (χ3n) is 4.64. The summed E-state index contributed by atoms with van der Waals surface area (Å²) in [4.78, 5) is 12.5. The van der Waals surface area contributed by atoms with Gasteiger partial charge >= 0.3 is 6.09 Å². The number of amides is 1. The molecular weight excluding hydrogens is 368 g/mol. The second kappa shape index (κ2) is 8.53. The molecule has 0 aliphatic carbocycles. The van der Waals surface area contributed by atoms with Crippen molar-refractivity contribution in [1.29, 1.82) is 10.5 Å². The summed E-state index contributed by atoms with van der Waals surface area (Å²) in [5.41, 5.74) is -2.19. The standard InChI is InChI=1S/C20H23F2N3O3/c1-19(2,3)28-18(26)25-20(14-6-4-5-7-16(14)22)12-27-17(9-21)15(20)8-13(10-23)11-24/h4-7,13,15,17H,8-9,12H2,1-3H3,(H,25,26). The lowest BCUT2D eigenvalue weighted by Crippen LogP contribution is -2.54. The molecule has 0 bridgehead atoms. The summed E-state index contributed by atoms with van der Waals surface area (Å²) in [6, 6.07) is 9.45. The molecule has 1 saturated heterocycles. The van der Waals surface area contributed by atoms with Crippen molar-refractivity contribution in [3.05, 3.63) is 35.6 Å². The van der Waals surface area contributed by atoms with Gasteiger partial charge in [0.15, 0.2) is 0 Å². The number of carbonyl (C=O) groups excluding carboxylic acids is 1. The highest BCUT2D eigenvalue weighted by Crippen LogP contribution is 2.44. The lowest BCUT2D eigenvalue weighted by molar-refractivity contribution is 0.0408. The van der Waals surface area contributed by atoms with Crippen molar-refractivity contribution >= 4 is 6.09 Å². The number of nitrogens with zero attached hydrogens (tertiary/aromatic N) is 2. The van der Waals surface area contributed by atoms with Gasteiger partial charge in [0, 0.05) is 11.5 Å². The smallest absolute Gasteiger partial charge is 0.408 e. The SMILES string of the molecule is CC(C)(C)OC(=O)NC1(c2ccccc2F)COC(CF)C1CC(C#N)C#N. The molecule has 6 nitrogen and oxygen atoms in total. The summed E-state index contributed by atoms with van der Waals surface area (Å²) in [6.07, 6.45) is -1.92. The summed E-state index contributed by atoms with van der Waals surface area (Å²) >= 11 is 0. The van der Waals surface area contributed by atoms with Gasteiger partial charge in [0.05, 0.1) is 24.8 Å². The van der Waals surface area contributed by atoms with Crippen molar-refractivity contribution in [2.75, 3.05) is 13.3 Å². The van der Waals surface area contributed by atoms with Gasteiger partial charge in [-0.3, -0.25) is 0 Å². The van der Waals surface area contributed by atoms with E-state index in [1.165, 1.54) is 18.2 Å². The van der Waals surface area contributed by atoms with Gasteiger partial charge in [0.2, 0.25) is 0 Å². The Balaban J connectivity index is 2.53. The normalized spacial score (nSPS) is 24.4. The van der Waals surface area contributed by atoms with Crippen LogP contribution in [0.3, 0.4) is 0 Å². The van der Waals surface area contributed by atoms with Crippen molar-refractivity contribution in [2.24, 2.45) is 11.8 Å². The van der Waals surface area contributed by atoms with Crippen LogP contribution in [0.25, 0.3) is 0 Å². The molecule has 0 radical (unpaired) electrons. The average molecular weight is 391 g/mol. The fraction of sp³-hybridized carbons (Fsp3) is 0.550. The first kappa shape index (κ1) is 21.6. The second-order valence-electron chi connectivity index (χ2n) is 7.73. The minimum absolute atomic E-state index is 0.0915. The zero-order valence-electron chi connectivity index (χ0n) is 16.0. The van der Waals surface area contributed by atoms with Gasteiger partial charge in [0.1, 0.15) is 29.5 Å². The number of nitriles is 2. The molecule has 1 aliphatic rings. The van der Waals surface area contributed by atoms with E-state index in [0.717, 1.165) is 0 Å². The molecule has 8 heteroatoms. The van der Waals surface area contributed by atoms with Crippen LogP contribution in [0.15, 0.2) is 24.3 Å². The molecular formula is C20H23F2N3O3. The van der Waals surface area contributed by atoms with Crippen molar-refractivity contribution < 1.29 is 23.0 Å². The largest absolute Gasteiger partial charge is 0.444 e. The number of alkyl halides is 1. The van der Waals surface area contributed by atoms with Crippen LogP contribution in [0, 0.1) is 40.3 Å². The molecule has 2 rings (SSSR count). The first-order valence-electron chi connectivity index (χ1n) is 8.90. The molecule has 150 valence electrons. The highest BCUT2D eigenvalue weighted by molar-refractivity contribution is 5.69. The highest BCUT2D eigenvalue weighted by atomic mass is 19.1. The average Bonchev–Trinajstić information content (AvgIpc) is 2.96. The first-order valence-corrected chi connectivity index (χ1v) is 8.90. The molecule has 3 unspecified atom stereocenters. The van der Waals surface area contributed by atoms with Crippen molar-refractivity contribution in [3.8, 4) is 12.1 Å². The molecule has 28 heavy (non-hydrogen) atoms. The Bertz CT molecular complexity index is 783. The van der Waals surface area contributed by atoms with Gasteiger partial charge in [-0.1, -0.05) is 18.2 Å². The molecule has 1 aromatic rings. The predicted octanol–water partition coefficient (Wildman–Crippen LogP) is 3.58. The summed E-state index contributed by atoms with van der Waals surface area (Å²) in [7, 11) is 0. The third kappa shape index (κ3) is 4.58. The highest BCUT2D eigenvalue weighted by Gasteiger charge is 2.54. The number of nitrogens with one attached hydrogen (secondary N) is 1. The van der Waals surface area contributed by atoms with Crippen LogP contribution in [0.2, 0.25) is 0 Å². The van der Waals surface area contributed by atoms with E-state index in [4.69, 9.17) is 9.47 Å². The number of hydrogen-bond acceptors (Lipinski definition) is 5. The van der Waals surface area contributed by atoms with E-state index in [2.05, 4.69) is 5.32 Å². The van der Waals surface area contributed by atoms with Crippen molar-refractivity contribution in [3.63, 3.8) is 0 Å². The van der Waals surface area contributed by atoms with E-state index >= 15 is 0 Å². The van der Waals surface area contributed by atoms with Crippen LogP contribution < -0.4 is 5.32 Å². The summed E-state index contributed by atoms with van der Waals surface area (Å²) in [5, 5.41) is 21.0. The Kier molecular flexibility index (Phi) is 6.58. The van der Waals surface area contributed by atoms with Crippen LogP contribution in [0.1, 0.15) is 32.8 Å². The van der Waals surface area contributed by atoms with Gasteiger partial charge < -0.3 is 14.8 Å². The summed E-state index contributed by atoms with van der Waals surface area (Å²) < 4.78 is 39.2. The molecule has 0 saturated carbocycles. The number of halogens is 2. The maximum Gasteiger partial charge on any atom is 0.408 e. The zero-order chi connectivity index (χ0) is 20.9. The zero-order valence-corrected chi connectivity index (χ0v) is 16.0. The fourth-order valence-electron chi connectivity index (χ4n) is 3.45. The van der Waals surface area contributed by atoms with E-state index in [0.29, 0.717) is 0 Å². The Labute approximate surface area is 163 Å². The molecule has 0 aromatic heterocycles. The maximum atomic E-state index is 14.7. The third-order valence-corrected chi connectivity index (χ3v) is 4.64. The quantitative estimate of drug-likeness (QED) is 0.828. The Hall–Kier alpha value is -2.71. The van der Waals surface area contributed by atoms with Gasteiger partial charge in [-0.05, 0) is 33.3 Å². The van der Waals surface area contributed by atoms with E-state index in [1.54, 1.807) is 26.8 Å². The second-order valence-corrected chi connectivity index (χ2v) is 7.73. The maximum absolute atomic E-state index is 14.7.